The molecule has 1 saturated carbocycles. The van der Waals surface area contributed by atoms with Crippen molar-refractivity contribution in [2.24, 2.45) is 0 Å². The van der Waals surface area contributed by atoms with Gasteiger partial charge in [0.05, 0.1) is 16.0 Å². The van der Waals surface area contributed by atoms with Gasteiger partial charge in [-0.25, -0.2) is 0 Å². The SMILES string of the molecule is COCCN(Cc1ccc(Br)c([N+](=O)[O-])c1)C1CC1. The highest BCUT2D eigenvalue weighted by Crippen LogP contribution is 2.30. The zero-order chi connectivity index (χ0) is 13.8. The van der Waals surface area contributed by atoms with E-state index in [2.05, 4.69) is 20.8 Å². The van der Waals surface area contributed by atoms with Crippen molar-refractivity contribution in [3.63, 3.8) is 0 Å². The second kappa shape index (κ2) is 6.45. The third kappa shape index (κ3) is 3.99. The minimum atomic E-state index is -0.357. The normalized spacial score (nSPS) is 14.9. The van der Waals surface area contributed by atoms with Crippen LogP contribution in [-0.2, 0) is 11.3 Å². The molecule has 0 aromatic heterocycles. The van der Waals surface area contributed by atoms with Crippen molar-refractivity contribution in [1.82, 2.24) is 4.90 Å². The molecular formula is C13H17BrN2O3. The van der Waals surface area contributed by atoms with Crippen molar-refractivity contribution in [1.29, 1.82) is 0 Å². The third-order valence-corrected chi connectivity index (χ3v) is 3.91. The van der Waals surface area contributed by atoms with Crippen LogP contribution in [-0.4, -0.2) is 36.1 Å². The molecule has 6 heteroatoms. The molecule has 0 saturated heterocycles. The summed E-state index contributed by atoms with van der Waals surface area (Å²) in [7, 11) is 1.69. The number of benzene rings is 1. The number of rotatable bonds is 7. The van der Waals surface area contributed by atoms with E-state index in [4.69, 9.17) is 4.74 Å². The fraction of sp³-hybridized carbons (Fsp3) is 0.538. The lowest BCUT2D eigenvalue weighted by atomic mass is 10.2. The molecule has 5 nitrogen and oxygen atoms in total. The van der Waals surface area contributed by atoms with Crippen LogP contribution in [0.15, 0.2) is 22.7 Å². The molecule has 0 atom stereocenters. The van der Waals surface area contributed by atoms with Crippen molar-refractivity contribution in [2.75, 3.05) is 20.3 Å². The van der Waals surface area contributed by atoms with E-state index in [1.54, 1.807) is 19.2 Å². The van der Waals surface area contributed by atoms with Crippen LogP contribution < -0.4 is 0 Å². The summed E-state index contributed by atoms with van der Waals surface area (Å²) in [5.74, 6) is 0. The number of hydrogen-bond donors (Lipinski definition) is 0. The standard InChI is InChI=1S/C13H17BrN2O3/c1-19-7-6-15(11-3-4-11)9-10-2-5-12(14)13(8-10)16(17)18/h2,5,8,11H,3-4,6-7,9H2,1H3. The van der Waals surface area contributed by atoms with Gasteiger partial charge in [-0.15, -0.1) is 0 Å². The van der Waals surface area contributed by atoms with Crippen LogP contribution in [0.25, 0.3) is 0 Å². The van der Waals surface area contributed by atoms with Crippen LogP contribution in [0.3, 0.4) is 0 Å². The summed E-state index contributed by atoms with van der Waals surface area (Å²) in [6.45, 7) is 2.29. The Bertz CT molecular complexity index is 463. The van der Waals surface area contributed by atoms with Gasteiger partial charge in [-0.05, 0) is 40.4 Å². The second-order valence-electron chi connectivity index (χ2n) is 4.74. The quantitative estimate of drug-likeness (QED) is 0.570. The highest BCUT2D eigenvalue weighted by molar-refractivity contribution is 9.10. The van der Waals surface area contributed by atoms with E-state index in [0.717, 1.165) is 18.7 Å². The molecule has 1 aromatic rings. The molecule has 0 radical (unpaired) electrons. The lowest BCUT2D eigenvalue weighted by molar-refractivity contribution is -0.385. The number of hydrogen-bond acceptors (Lipinski definition) is 4. The van der Waals surface area contributed by atoms with Crippen LogP contribution in [0.2, 0.25) is 0 Å². The molecule has 0 spiro atoms. The first kappa shape index (κ1) is 14.4. The molecule has 0 aliphatic heterocycles. The van der Waals surface area contributed by atoms with Gasteiger partial charge >= 0.3 is 0 Å². The first-order chi connectivity index (χ1) is 9.11. The lowest BCUT2D eigenvalue weighted by Crippen LogP contribution is -2.29. The van der Waals surface area contributed by atoms with E-state index in [1.807, 2.05) is 6.07 Å². The van der Waals surface area contributed by atoms with Crippen molar-refractivity contribution in [3.8, 4) is 0 Å². The first-order valence-corrected chi connectivity index (χ1v) is 7.07. The zero-order valence-corrected chi connectivity index (χ0v) is 12.4. The number of nitro groups is 1. The molecule has 0 heterocycles. The molecule has 19 heavy (non-hydrogen) atoms. The summed E-state index contributed by atoms with van der Waals surface area (Å²) < 4.78 is 5.64. The number of nitro benzene ring substituents is 1. The topological polar surface area (TPSA) is 55.6 Å². The summed E-state index contributed by atoms with van der Waals surface area (Å²) >= 11 is 3.21. The maximum absolute atomic E-state index is 10.9. The molecule has 1 aliphatic rings. The monoisotopic (exact) mass is 328 g/mol. The van der Waals surface area contributed by atoms with E-state index in [9.17, 15) is 10.1 Å². The lowest BCUT2D eigenvalue weighted by Gasteiger charge is -2.21. The van der Waals surface area contributed by atoms with Crippen LogP contribution in [0.1, 0.15) is 18.4 Å². The van der Waals surface area contributed by atoms with Gasteiger partial charge in [0.15, 0.2) is 0 Å². The van der Waals surface area contributed by atoms with Gasteiger partial charge < -0.3 is 4.74 Å². The smallest absolute Gasteiger partial charge is 0.283 e. The number of nitrogens with zero attached hydrogens (tertiary/aromatic N) is 2. The van der Waals surface area contributed by atoms with Gasteiger partial charge in [0.2, 0.25) is 0 Å². The summed E-state index contributed by atoms with van der Waals surface area (Å²) in [5, 5.41) is 10.9. The van der Waals surface area contributed by atoms with E-state index in [-0.39, 0.29) is 10.6 Å². The zero-order valence-electron chi connectivity index (χ0n) is 10.8. The first-order valence-electron chi connectivity index (χ1n) is 6.27. The van der Waals surface area contributed by atoms with Crippen LogP contribution in [0, 0.1) is 10.1 Å². The molecule has 0 N–H and O–H groups in total. The van der Waals surface area contributed by atoms with Gasteiger partial charge in [0.1, 0.15) is 0 Å². The van der Waals surface area contributed by atoms with Crippen molar-refractivity contribution < 1.29 is 9.66 Å². The third-order valence-electron chi connectivity index (χ3n) is 3.24. The van der Waals surface area contributed by atoms with Gasteiger partial charge in [0, 0.05) is 32.3 Å². The summed E-state index contributed by atoms with van der Waals surface area (Å²) in [6.07, 6.45) is 2.42. The maximum Gasteiger partial charge on any atom is 0.283 e. The molecule has 0 bridgehead atoms. The molecule has 1 aromatic carbocycles. The predicted octanol–water partition coefficient (Wildman–Crippen LogP) is 2.97. The van der Waals surface area contributed by atoms with Gasteiger partial charge in [-0.3, -0.25) is 15.0 Å². The van der Waals surface area contributed by atoms with E-state index < -0.39 is 0 Å². The average molecular weight is 329 g/mol. The Morgan fingerprint density at radius 2 is 2.26 bits per heavy atom. The van der Waals surface area contributed by atoms with Crippen LogP contribution in [0.4, 0.5) is 5.69 Å². The molecular weight excluding hydrogens is 312 g/mol. The Balaban J connectivity index is 2.08. The second-order valence-corrected chi connectivity index (χ2v) is 5.59. The minimum absolute atomic E-state index is 0.125. The molecule has 2 rings (SSSR count). The fourth-order valence-electron chi connectivity index (χ4n) is 2.07. The van der Waals surface area contributed by atoms with E-state index in [1.165, 1.54) is 12.8 Å². The van der Waals surface area contributed by atoms with Gasteiger partial charge in [-0.1, -0.05) is 6.07 Å². The van der Waals surface area contributed by atoms with Crippen LogP contribution >= 0.6 is 15.9 Å². The molecule has 0 unspecified atom stereocenters. The van der Waals surface area contributed by atoms with Gasteiger partial charge in [-0.2, -0.15) is 0 Å². The van der Waals surface area contributed by atoms with Crippen molar-refractivity contribution in [3.05, 3.63) is 38.3 Å². The van der Waals surface area contributed by atoms with E-state index in [0.29, 0.717) is 17.1 Å². The molecule has 1 fully saturated rings. The number of halogens is 1. The summed E-state index contributed by atoms with van der Waals surface area (Å²) in [6, 6.07) is 5.93. The summed E-state index contributed by atoms with van der Waals surface area (Å²) in [5.41, 5.74) is 1.10. The Labute approximate surface area is 120 Å². The highest BCUT2D eigenvalue weighted by Gasteiger charge is 2.28. The average Bonchev–Trinajstić information content (AvgIpc) is 3.20. The Morgan fingerprint density at radius 3 is 2.84 bits per heavy atom. The Morgan fingerprint density at radius 1 is 1.53 bits per heavy atom. The molecule has 1 aliphatic carbocycles. The van der Waals surface area contributed by atoms with Gasteiger partial charge in [0.25, 0.3) is 5.69 Å². The minimum Gasteiger partial charge on any atom is -0.383 e. The molecule has 0 amide bonds. The van der Waals surface area contributed by atoms with Crippen LogP contribution in [0.5, 0.6) is 0 Å². The number of ether oxygens (including phenoxy) is 1. The Hall–Kier alpha value is -0.980. The largest absolute Gasteiger partial charge is 0.383 e. The molecule has 104 valence electrons. The maximum atomic E-state index is 10.9. The number of methoxy groups -OCH3 is 1. The van der Waals surface area contributed by atoms with Crippen molar-refractivity contribution in [2.45, 2.75) is 25.4 Å². The fourth-order valence-corrected chi connectivity index (χ4v) is 2.46. The van der Waals surface area contributed by atoms with E-state index >= 15 is 0 Å². The highest BCUT2D eigenvalue weighted by atomic mass is 79.9. The summed E-state index contributed by atoms with van der Waals surface area (Å²) in [4.78, 5) is 12.9. The van der Waals surface area contributed by atoms with Crippen molar-refractivity contribution >= 4 is 21.6 Å². The predicted molar refractivity (Wildman–Crippen MR) is 76.1 cm³/mol. The Kier molecular flexibility index (Phi) is 4.90.